The predicted molar refractivity (Wildman–Crippen MR) is 104 cm³/mol. The van der Waals surface area contributed by atoms with Crippen molar-refractivity contribution >= 4 is 27.3 Å². The largest absolute Gasteiger partial charge is 0.348 e. The van der Waals surface area contributed by atoms with Gasteiger partial charge in [0.05, 0.1) is 9.77 Å². The summed E-state index contributed by atoms with van der Waals surface area (Å²) in [5.74, 6) is 0.152. The number of amides is 1. The van der Waals surface area contributed by atoms with Crippen LogP contribution in [0.25, 0.3) is 0 Å². The molecule has 0 radical (unpaired) electrons. The third kappa shape index (κ3) is 2.92. The standard InChI is InChI=1S/C20H22N2O3S2/c23-20(19-5-2-8-26-19)21-18-11-16-9-15(18)12-22(16)27(24,25)17-7-6-13-3-1-4-14(13)10-17/h2,5-8,10,15-16,18H,1,3-4,9,11-12H2,(H,21,23). The molecule has 1 amide bonds. The Balaban J connectivity index is 1.31. The Morgan fingerprint density at radius 2 is 2.00 bits per heavy atom. The molecular formula is C20H22N2O3S2. The zero-order valence-electron chi connectivity index (χ0n) is 14.9. The monoisotopic (exact) mass is 402 g/mol. The first kappa shape index (κ1) is 17.4. The maximum Gasteiger partial charge on any atom is 0.261 e. The van der Waals surface area contributed by atoms with Crippen LogP contribution < -0.4 is 5.32 Å². The predicted octanol–water partition coefficient (Wildman–Crippen LogP) is 2.82. The topological polar surface area (TPSA) is 66.5 Å². The van der Waals surface area contributed by atoms with Gasteiger partial charge in [-0.25, -0.2) is 8.42 Å². The van der Waals surface area contributed by atoms with Gasteiger partial charge in [0, 0.05) is 18.6 Å². The molecule has 1 aliphatic heterocycles. The van der Waals surface area contributed by atoms with E-state index in [4.69, 9.17) is 0 Å². The molecule has 5 rings (SSSR count). The zero-order chi connectivity index (χ0) is 18.6. The zero-order valence-corrected chi connectivity index (χ0v) is 16.6. The average molecular weight is 403 g/mol. The van der Waals surface area contributed by atoms with E-state index in [1.54, 1.807) is 10.4 Å². The Labute approximate surface area is 163 Å². The summed E-state index contributed by atoms with van der Waals surface area (Å²) in [5, 5.41) is 5.00. The van der Waals surface area contributed by atoms with E-state index in [1.807, 2.05) is 29.6 Å². The minimum Gasteiger partial charge on any atom is -0.348 e. The summed E-state index contributed by atoms with van der Waals surface area (Å²) in [7, 11) is -3.46. The maximum atomic E-state index is 13.2. The smallest absolute Gasteiger partial charge is 0.261 e. The van der Waals surface area contributed by atoms with E-state index in [0.29, 0.717) is 22.7 Å². The lowest BCUT2D eigenvalue weighted by molar-refractivity contribution is 0.0923. The van der Waals surface area contributed by atoms with E-state index in [-0.39, 0.29) is 23.9 Å². The summed E-state index contributed by atoms with van der Waals surface area (Å²) < 4.78 is 28.0. The highest BCUT2D eigenvalue weighted by molar-refractivity contribution is 7.89. The van der Waals surface area contributed by atoms with Gasteiger partial charge in [-0.15, -0.1) is 11.3 Å². The number of piperidine rings is 1. The van der Waals surface area contributed by atoms with Crippen molar-refractivity contribution in [2.75, 3.05) is 6.54 Å². The molecule has 2 fully saturated rings. The van der Waals surface area contributed by atoms with E-state index in [0.717, 1.165) is 25.7 Å². The SMILES string of the molecule is O=C(NC1CC2CC1CN2S(=O)(=O)c1ccc2c(c1)CCC2)c1cccs1. The number of aryl methyl sites for hydroxylation is 2. The van der Waals surface area contributed by atoms with Crippen LogP contribution in [0.4, 0.5) is 0 Å². The molecule has 2 bridgehead atoms. The highest BCUT2D eigenvalue weighted by Gasteiger charge is 2.49. The summed E-state index contributed by atoms with van der Waals surface area (Å²) in [5.41, 5.74) is 2.47. The second kappa shape index (κ2) is 6.43. The highest BCUT2D eigenvalue weighted by atomic mass is 32.2. The quantitative estimate of drug-likeness (QED) is 0.855. The molecule has 3 atom stereocenters. The van der Waals surface area contributed by atoms with E-state index in [2.05, 4.69) is 5.32 Å². The molecule has 7 heteroatoms. The molecule has 2 heterocycles. The van der Waals surface area contributed by atoms with E-state index >= 15 is 0 Å². The Bertz CT molecular complexity index is 985. The Kier molecular flexibility index (Phi) is 4.14. The van der Waals surface area contributed by atoms with Crippen molar-refractivity contribution in [1.29, 1.82) is 0 Å². The summed E-state index contributed by atoms with van der Waals surface area (Å²) in [4.78, 5) is 13.4. The van der Waals surface area contributed by atoms with Gasteiger partial charge in [-0.3, -0.25) is 4.79 Å². The molecule has 3 aliphatic rings. The average Bonchev–Trinajstić information content (AvgIpc) is 3.44. The first-order chi connectivity index (χ1) is 13.0. The number of carbonyl (C=O) groups is 1. The molecule has 2 aliphatic carbocycles. The van der Waals surface area contributed by atoms with Crippen molar-refractivity contribution in [2.45, 2.75) is 49.1 Å². The summed E-state index contributed by atoms with van der Waals surface area (Å²) in [6.45, 7) is 0.499. The van der Waals surface area contributed by atoms with Crippen molar-refractivity contribution in [3.8, 4) is 0 Å². The fraction of sp³-hybridized carbons (Fsp3) is 0.450. The summed E-state index contributed by atoms with van der Waals surface area (Å²) in [6, 6.07) is 9.36. The van der Waals surface area contributed by atoms with Gasteiger partial charge in [-0.1, -0.05) is 12.1 Å². The minimum atomic E-state index is -3.46. The molecule has 27 heavy (non-hydrogen) atoms. The number of nitrogens with one attached hydrogen (secondary N) is 1. The van der Waals surface area contributed by atoms with Gasteiger partial charge in [0.2, 0.25) is 10.0 Å². The number of nitrogens with zero attached hydrogens (tertiary/aromatic N) is 1. The van der Waals surface area contributed by atoms with Gasteiger partial charge in [0.25, 0.3) is 5.91 Å². The van der Waals surface area contributed by atoms with Crippen molar-refractivity contribution in [3.63, 3.8) is 0 Å². The van der Waals surface area contributed by atoms with E-state index < -0.39 is 10.0 Å². The van der Waals surface area contributed by atoms with Crippen LogP contribution in [0.5, 0.6) is 0 Å². The lowest BCUT2D eigenvalue weighted by Gasteiger charge is -2.31. The first-order valence-electron chi connectivity index (χ1n) is 9.50. The fourth-order valence-corrected chi connectivity index (χ4v) is 7.26. The Morgan fingerprint density at radius 3 is 2.74 bits per heavy atom. The number of rotatable bonds is 4. The first-order valence-corrected chi connectivity index (χ1v) is 11.8. The minimum absolute atomic E-state index is 0.0121. The number of thiophene rings is 1. The van der Waals surface area contributed by atoms with Crippen LogP contribution in [0.1, 0.15) is 40.1 Å². The van der Waals surface area contributed by atoms with Crippen LogP contribution >= 0.6 is 11.3 Å². The normalized spacial score (nSPS) is 27.0. The number of hydrogen-bond donors (Lipinski definition) is 1. The van der Waals surface area contributed by atoms with Crippen LogP contribution in [0.15, 0.2) is 40.6 Å². The number of fused-ring (bicyclic) bond motifs is 3. The van der Waals surface area contributed by atoms with Crippen LogP contribution in [0, 0.1) is 5.92 Å². The number of benzene rings is 1. The van der Waals surface area contributed by atoms with Crippen LogP contribution in [-0.4, -0.2) is 37.3 Å². The van der Waals surface area contributed by atoms with E-state index in [9.17, 15) is 13.2 Å². The molecule has 1 aromatic carbocycles. The van der Waals surface area contributed by atoms with Crippen molar-refractivity contribution < 1.29 is 13.2 Å². The van der Waals surface area contributed by atoms with Crippen molar-refractivity contribution in [2.24, 2.45) is 5.92 Å². The third-order valence-electron chi connectivity index (χ3n) is 6.23. The number of hydrogen-bond acceptors (Lipinski definition) is 4. The molecule has 1 aromatic heterocycles. The van der Waals surface area contributed by atoms with Crippen LogP contribution in [0.3, 0.4) is 0 Å². The molecule has 2 aromatic rings. The second-order valence-corrected chi connectivity index (χ2v) is 10.6. The molecule has 142 valence electrons. The van der Waals surface area contributed by atoms with Gasteiger partial charge >= 0.3 is 0 Å². The molecule has 5 nitrogen and oxygen atoms in total. The van der Waals surface area contributed by atoms with Crippen LogP contribution in [-0.2, 0) is 22.9 Å². The van der Waals surface area contributed by atoms with E-state index in [1.165, 1.54) is 22.5 Å². The fourth-order valence-electron chi connectivity index (χ4n) is 4.88. The molecule has 0 spiro atoms. The van der Waals surface area contributed by atoms with Gasteiger partial charge in [-0.05, 0) is 72.7 Å². The third-order valence-corrected chi connectivity index (χ3v) is 9.01. The lowest BCUT2D eigenvalue weighted by atomic mass is 10.0. The van der Waals surface area contributed by atoms with Gasteiger partial charge in [0.15, 0.2) is 0 Å². The molecule has 1 saturated heterocycles. The number of carbonyl (C=O) groups excluding carboxylic acids is 1. The van der Waals surface area contributed by atoms with Gasteiger partial charge in [-0.2, -0.15) is 4.31 Å². The van der Waals surface area contributed by atoms with Crippen LogP contribution in [0.2, 0.25) is 0 Å². The summed E-state index contributed by atoms with van der Waals surface area (Å²) in [6.07, 6.45) is 4.67. The van der Waals surface area contributed by atoms with Gasteiger partial charge in [0.1, 0.15) is 0 Å². The lowest BCUT2D eigenvalue weighted by Crippen LogP contribution is -2.47. The highest BCUT2D eigenvalue weighted by Crippen LogP contribution is 2.41. The Hall–Kier alpha value is -1.70. The molecule has 3 unspecified atom stereocenters. The Morgan fingerprint density at radius 1 is 1.15 bits per heavy atom. The molecule has 1 saturated carbocycles. The maximum absolute atomic E-state index is 13.2. The molecular weight excluding hydrogens is 380 g/mol. The van der Waals surface area contributed by atoms with Crippen molar-refractivity contribution in [3.05, 3.63) is 51.7 Å². The number of sulfonamides is 1. The summed E-state index contributed by atoms with van der Waals surface area (Å²) >= 11 is 1.43. The van der Waals surface area contributed by atoms with Crippen molar-refractivity contribution in [1.82, 2.24) is 9.62 Å². The second-order valence-electron chi connectivity index (χ2n) is 7.80. The molecule has 1 N–H and O–H groups in total. The van der Waals surface area contributed by atoms with Gasteiger partial charge < -0.3 is 5.32 Å².